The van der Waals surface area contributed by atoms with Crippen molar-refractivity contribution in [2.24, 2.45) is 0 Å². The fourth-order valence-electron chi connectivity index (χ4n) is 2.77. The molecule has 2 nitrogen and oxygen atoms in total. The van der Waals surface area contributed by atoms with Gasteiger partial charge < -0.3 is 5.11 Å². The highest BCUT2D eigenvalue weighted by molar-refractivity contribution is 6.31. The molecule has 1 aromatic carbocycles. The van der Waals surface area contributed by atoms with Gasteiger partial charge in [0.15, 0.2) is 0 Å². The molecule has 1 atom stereocenters. The van der Waals surface area contributed by atoms with Crippen molar-refractivity contribution in [2.45, 2.75) is 51.4 Å². The fourth-order valence-corrected chi connectivity index (χ4v) is 3.11. The summed E-state index contributed by atoms with van der Waals surface area (Å²) < 4.78 is 0. The Bertz CT molecular complexity index is 454. The number of hydrogen-bond donors (Lipinski definition) is 1. The van der Waals surface area contributed by atoms with Crippen LogP contribution in [0.25, 0.3) is 0 Å². The summed E-state index contributed by atoms with van der Waals surface area (Å²) in [5.41, 5.74) is 3.73. The Balaban J connectivity index is 2.34. The average Bonchev–Trinajstić information content (AvgIpc) is 2.35. The van der Waals surface area contributed by atoms with E-state index >= 15 is 0 Å². The molecule has 0 aliphatic heterocycles. The first kappa shape index (κ1) is 13.4. The second-order valence-electron chi connectivity index (χ2n) is 5.05. The molecule has 1 unspecified atom stereocenters. The number of hydrogen-bond acceptors (Lipinski definition) is 1. The monoisotopic (exact) mass is 266 g/mol. The van der Waals surface area contributed by atoms with Gasteiger partial charge in [-0.2, -0.15) is 0 Å². The summed E-state index contributed by atoms with van der Waals surface area (Å²) in [6, 6.07) is 4.20. The zero-order chi connectivity index (χ0) is 13.1. The summed E-state index contributed by atoms with van der Waals surface area (Å²) in [6.45, 7) is 2.02. The average molecular weight is 267 g/mol. The number of rotatable bonds is 4. The fraction of sp³-hybridized carbons (Fsp3) is 0.533. The van der Waals surface area contributed by atoms with Crippen LogP contribution in [0.2, 0.25) is 5.02 Å². The van der Waals surface area contributed by atoms with Gasteiger partial charge in [0.05, 0.1) is 6.42 Å². The molecular formula is C15H19ClO2. The standard InChI is InChI=1S/C15H19ClO2/c1-2-10(9-15(17)18)13-7-11-5-3-4-6-12(11)8-14(13)16/h7-8,10H,2-6,9H2,1H3,(H,17,18). The normalized spacial score (nSPS) is 16.1. The third-order valence-corrected chi connectivity index (χ3v) is 4.14. The molecule has 3 heteroatoms. The summed E-state index contributed by atoms with van der Waals surface area (Å²) >= 11 is 6.33. The van der Waals surface area contributed by atoms with E-state index in [-0.39, 0.29) is 12.3 Å². The molecule has 0 saturated heterocycles. The third kappa shape index (κ3) is 2.86. The Morgan fingerprint density at radius 1 is 1.33 bits per heavy atom. The van der Waals surface area contributed by atoms with Crippen molar-refractivity contribution in [3.05, 3.63) is 33.8 Å². The SMILES string of the molecule is CCC(CC(=O)O)c1cc2c(cc1Cl)CCCC2. The first-order valence-electron chi connectivity index (χ1n) is 6.64. The highest BCUT2D eigenvalue weighted by Crippen LogP contribution is 2.34. The van der Waals surface area contributed by atoms with E-state index in [1.165, 1.54) is 24.0 Å². The highest BCUT2D eigenvalue weighted by Gasteiger charge is 2.19. The number of aliphatic carboxylic acids is 1. The molecule has 0 heterocycles. The number of carboxylic acid groups (broad SMARTS) is 1. The van der Waals surface area contributed by atoms with Crippen molar-refractivity contribution in [1.29, 1.82) is 0 Å². The number of halogens is 1. The van der Waals surface area contributed by atoms with Crippen LogP contribution in [0.4, 0.5) is 0 Å². The molecule has 0 saturated carbocycles. The molecule has 0 bridgehead atoms. The zero-order valence-corrected chi connectivity index (χ0v) is 11.5. The lowest BCUT2D eigenvalue weighted by Gasteiger charge is -2.21. The molecular weight excluding hydrogens is 248 g/mol. The van der Waals surface area contributed by atoms with Gasteiger partial charge in [0.1, 0.15) is 0 Å². The summed E-state index contributed by atoms with van der Waals surface area (Å²) in [5, 5.41) is 9.70. The number of aryl methyl sites for hydroxylation is 2. The number of benzene rings is 1. The lowest BCUT2D eigenvalue weighted by molar-refractivity contribution is -0.137. The van der Waals surface area contributed by atoms with Gasteiger partial charge in [0, 0.05) is 5.02 Å². The predicted octanol–water partition coefficient (Wildman–Crippen LogP) is 4.19. The molecule has 1 aliphatic rings. The largest absolute Gasteiger partial charge is 0.481 e. The molecule has 18 heavy (non-hydrogen) atoms. The smallest absolute Gasteiger partial charge is 0.303 e. The summed E-state index contributed by atoms with van der Waals surface area (Å²) in [4.78, 5) is 10.9. The first-order chi connectivity index (χ1) is 8.61. The third-order valence-electron chi connectivity index (χ3n) is 3.81. The summed E-state index contributed by atoms with van der Waals surface area (Å²) in [6.07, 6.45) is 5.63. The predicted molar refractivity (Wildman–Crippen MR) is 73.4 cm³/mol. The Kier molecular flexibility index (Phi) is 4.28. The number of carbonyl (C=O) groups is 1. The van der Waals surface area contributed by atoms with E-state index in [0.29, 0.717) is 0 Å². The van der Waals surface area contributed by atoms with Gasteiger partial charge in [-0.15, -0.1) is 0 Å². The Morgan fingerprint density at radius 2 is 1.94 bits per heavy atom. The topological polar surface area (TPSA) is 37.3 Å². The van der Waals surface area contributed by atoms with Crippen molar-refractivity contribution in [1.82, 2.24) is 0 Å². The zero-order valence-electron chi connectivity index (χ0n) is 10.7. The van der Waals surface area contributed by atoms with Crippen LogP contribution in [-0.4, -0.2) is 11.1 Å². The van der Waals surface area contributed by atoms with Gasteiger partial charge in [-0.05, 0) is 60.8 Å². The van der Waals surface area contributed by atoms with Crippen LogP contribution >= 0.6 is 11.6 Å². The quantitative estimate of drug-likeness (QED) is 0.887. The molecule has 1 aliphatic carbocycles. The Morgan fingerprint density at radius 3 is 2.50 bits per heavy atom. The van der Waals surface area contributed by atoms with E-state index in [2.05, 4.69) is 12.1 Å². The minimum atomic E-state index is -0.754. The summed E-state index contributed by atoms with van der Waals surface area (Å²) in [7, 11) is 0. The van der Waals surface area contributed by atoms with Crippen molar-refractivity contribution in [2.75, 3.05) is 0 Å². The molecule has 2 rings (SSSR count). The second-order valence-corrected chi connectivity index (χ2v) is 5.46. The lowest BCUT2D eigenvalue weighted by Crippen LogP contribution is -2.09. The van der Waals surface area contributed by atoms with Crippen LogP contribution in [0.1, 0.15) is 55.2 Å². The van der Waals surface area contributed by atoms with Crippen LogP contribution in [-0.2, 0) is 17.6 Å². The first-order valence-corrected chi connectivity index (χ1v) is 7.02. The van der Waals surface area contributed by atoms with Crippen molar-refractivity contribution < 1.29 is 9.90 Å². The van der Waals surface area contributed by atoms with Crippen molar-refractivity contribution >= 4 is 17.6 Å². The van der Waals surface area contributed by atoms with Gasteiger partial charge in [-0.3, -0.25) is 4.79 Å². The van der Waals surface area contributed by atoms with E-state index in [4.69, 9.17) is 16.7 Å². The van der Waals surface area contributed by atoms with Gasteiger partial charge in [0.25, 0.3) is 0 Å². The van der Waals surface area contributed by atoms with E-state index in [1.807, 2.05) is 6.92 Å². The van der Waals surface area contributed by atoms with Gasteiger partial charge in [0.2, 0.25) is 0 Å². The molecule has 98 valence electrons. The summed E-state index contributed by atoms with van der Waals surface area (Å²) in [5.74, 6) is -0.724. The molecule has 0 spiro atoms. The van der Waals surface area contributed by atoms with Crippen molar-refractivity contribution in [3.8, 4) is 0 Å². The minimum absolute atomic E-state index is 0.0298. The van der Waals surface area contributed by atoms with E-state index < -0.39 is 5.97 Å². The van der Waals surface area contributed by atoms with Gasteiger partial charge in [-0.25, -0.2) is 0 Å². The van der Waals surface area contributed by atoms with Crippen LogP contribution < -0.4 is 0 Å². The van der Waals surface area contributed by atoms with Crippen LogP contribution in [0.5, 0.6) is 0 Å². The second kappa shape index (κ2) is 5.75. The highest BCUT2D eigenvalue weighted by atomic mass is 35.5. The maximum atomic E-state index is 10.9. The Labute approximate surface area is 113 Å². The molecule has 0 fully saturated rings. The van der Waals surface area contributed by atoms with E-state index in [0.717, 1.165) is 29.8 Å². The van der Waals surface area contributed by atoms with Crippen LogP contribution in [0.3, 0.4) is 0 Å². The number of carboxylic acids is 1. The number of fused-ring (bicyclic) bond motifs is 1. The molecule has 0 radical (unpaired) electrons. The van der Waals surface area contributed by atoms with Gasteiger partial charge in [-0.1, -0.05) is 24.6 Å². The molecule has 0 aromatic heterocycles. The molecule has 1 aromatic rings. The van der Waals surface area contributed by atoms with Crippen LogP contribution in [0.15, 0.2) is 12.1 Å². The maximum Gasteiger partial charge on any atom is 0.303 e. The van der Waals surface area contributed by atoms with Crippen LogP contribution in [0, 0.1) is 0 Å². The van der Waals surface area contributed by atoms with Gasteiger partial charge >= 0.3 is 5.97 Å². The molecule has 0 amide bonds. The lowest BCUT2D eigenvalue weighted by atomic mass is 9.85. The minimum Gasteiger partial charge on any atom is -0.481 e. The Hall–Kier alpha value is -1.02. The van der Waals surface area contributed by atoms with Crippen molar-refractivity contribution in [3.63, 3.8) is 0 Å². The molecule has 1 N–H and O–H groups in total. The maximum absolute atomic E-state index is 10.9. The van der Waals surface area contributed by atoms with E-state index in [1.54, 1.807) is 0 Å². The van der Waals surface area contributed by atoms with E-state index in [9.17, 15) is 4.79 Å².